The molecule has 0 radical (unpaired) electrons. The topological polar surface area (TPSA) is 15.6 Å². The van der Waals surface area contributed by atoms with Gasteiger partial charge in [0.1, 0.15) is 6.67 Å². The predicted octanol–water partition coefficient (Wildman–Crippen LogP) is 2.69. The minimum absolute atomic E-state index is 0.524. The van der Waals surface area contributed by atoms with E-state index in [1.807, 2.05) is 43.4 Å². The molecule has 0 aliphatic carbocycles. The molecule has 0 saturated carbocycles. The highest BCUT2D eigenvalue weighted by atomic mass is 15.1. The summed E-state index contributed by atoms with van der Waals surface area (Å²) in [5, 5.41) is 0. The maximum Gasteiger partial charge on any atom is 0.109 e. The summed E-state index contributed by atoms with van der Waals surface area (Å²) in [4.78, 5) is 6.32. The first-order chi connectivity index (χ1) is 6.20. The van der Waals surface area contributed by atoms with Gasteiger partial charge in [-0.25, -0.2) is 0 Å². The van der Waals surface area contributed by atoms with Crippen LogP contribution in [0.3, 0.4) is 0 Å². The molecule has 0 N–H and O–H groups in total. The zero-order chi connectivity index (χ0) is 10.1. The number of allylic oxidation sites excluding steroid dienone is 2. The molecular formula is C11H20N2. The monoisotopic (exact) mass is 180 g/mol. The van der Waals surface area contributed by atoms with Gasteiger partial charge in [-0.3, -0.25) is 4.99 Å². The Morgan fingerprint density at radius 2 is 2.23 bits per heavy atom. The quantitative estimate of drug-likeness (QED) is 0.453. The van der Waals surface area contributed by atoms with E-state index in [-0.39, 0.29) is 0 Å². The second-order valence-electron chi connectivity index (χ2n) is 3.19. The third kappa shape index (κ3) is 7.32. The Morgan fingerprint density at radius 3 is 2.77 bits per heavy atom. The number of hydrogen-bond acceptors (Lipinski definition) is 2. The molecule has 1 unspecified atom stereocenters. The average Bonchev–Trinajstić information content (AvgIpc) is 2.12. The molecule has 0 aliphatic heterocycles. The van der Waals surface area contributed by atoms with Crippen molar-refractivity contribution in [3.05, 3.63) is 24.9 Å². The second-order valence-corrected chi connectivity index (χ2v) is 3.19. The van der Waals surface area contributed by atoms with Crippen LogP contribution in [-0.4, -0.2) is 24.8 Å². The Bertz CT molecular complexity index is 183. The van der Waals surface area contributed by atoms with Crippen LogP contribution in [0.15, 0.2) is 29.9 Å². The van der Waals surface area contributed by atoms with E-state index in [0.29, 0.717) is 5.92 Å². The van der Waals surface area contributed by atoms with Crippen LogP contribution < -0.4 is 0 Å². The summed E-state index contributed by atoms with van der Waals surface area (Å²) in [6, 6.07) is 0. The van der Waals surface area contributed by atoms with E-state index in [1.54, 1.807) is 0 Å². The molecule has 0 heterocycles. The minimum Gasteiger partial charge on any atom is -0.362 e. The predicted molar refractivity (Wildman–Crippen MR) is 59.9 cm³/mol. The average molecular weight is 180 g/mol. The maximum atomic E-state index is 4.28. The molecule has 0 fully saturated rings. The van der Waals surface area contributed by atoms with Crippen LogP contribution in [0.2, 0.25) is 0 Å². The summed E-state index contributed by atoms with van der Waals surface area (Å²) >= 11 is 0. The summed E-state index contributed by atoms with van der Waals surface area (Å²) < 4.78 is 0. The first-order valence-electron chi connectivity index (χ1n) is 4.64. The molecule has 0 spiro atoms. The highest BCUT2D eigenvalue weighted by molar-refractivity contribution is 5.57. The number of aliphatic imine (C=N–C) groups is 1. The summed E-state index contributed by atoms with van der Waals surface area (Å²) in [6.07, 6.45) is 8.90. The van der Waals surface area contributed by atoms with Gasteiger partial charge in [0.15, 0.2) is 0 Å². The largest absolute Gasteiger partial charge is 0.362 e. The molecule has 74 valence electrons. The minimum atomic E-state index is 0.524. The van der Waals surface area contributed by atoms with E-state index in [0.717, 1.165) is 13.1 Å². The van der Waals surface area contributed by atoms with Gasteiger partial charge in [0.05, 0.1) is 0 Å². The Labute approximate surface area is 81.7 Å². The standard InChI is InChI=1S/C11H20N2/c1-5-9-13(4)10-12-8-7-11(3)6-2/h5-6,8-9,11H,2,7,10H2,1,3-4H3/b9-5-,12-8?. The van der Waals surface area contributed by atoms with Crippen LogP contribution in [0.4, 0.5) is 0 Å². The fraction of sp³-hybridized carbons (Fsp3) is 0.545. The summed E-state index contributed by atoms with van der Waals surface area (Å²) in [7, 11) is 2.01. The Hall–Kier alpha value is -1.05. The van der Waals surface area contributed by atoms with Crippen molar-refractivity contribution in [1.82, 2.24) is 4.90 Å². The van der Waals surface area contributed by atoms with E-state index in [4.69, 9.17) is 0 Å². The molecule has 0 bridgehead atoms. The SMILES string of the molecule is C=CC(C)CC=NCN(C)/C=C\C. The van der Waals surface area contributed by atoms with Crippen molar-refractivity contribution in [3.8, 4) is 0 Å². The van der Waals surface area contributed by atoms with Gasteiger partial charge in [0.25, 0.3) is 0 Å². The third-order valence-corrected chi connectivity index (χ3v) is 1.72. The van der Waals surface area contributed by atoms with Crippen LogP contribution in [0.25, 0.3) is 0 Å². The summed E-state index contributed by atoms with van der Waals surface area (Å²) in [5.41, 5.74) is 0. The fourth-order valence-corrected chi connectivity index (χ4v) is 0.825. The van der Waals surface area contributed by atoms with Gasteiger partial charge < -0.3 is 4.90 Å². The lowest BCUT2D eigenvalue weighted by Gasteiger charge is -2.09. The lowest BCUT2D eigenvalue weighted by molar-refractivity contribution is 0.473. The highest BCUT2D eigenvalue weighted by Gasteiger charge is 1.90. The normalized spacial score (nSPS) is 13.8. The van der Waals surface area contributed by atoms with Crippen molar-refractivity contribution in [2.45, 2.75) is 20.3 Å². The smallest absolute Gasteiger partial charge is 0.109 e. The van der Waals surface area contributed by atoms with Crippen LogP contribution >= 0.6 is 0 Å². The van der Waals surface area contributed by atoms with Crippen molar-refractivity contribution in [3.63, 3.8) is 0 Å². The molecule has 0 rings (SSSR count). The van der Waals surface area contributed by atoms with E-state index in [2.05, 4.69) is 18.5 Å². The molecular weight excluding hydrogens is 160 g/mol. The Balaban J connectivity index is 3.56. The number of nitrogens with zero attached hydrogens (tertiary/aromatic N) is 2. The van der Waals surface area contributed by atoms with E-state index < -0.39 is 0 Å². The zero-order valence-corrected chi connectivity index (χ0v) is 8.90. The van der Waals surface area contributed by atoms with Crippen LogP contribution in [0.1, 0.15) is 20.3 Å². The molecule has 1 atom stereocenters. The number of hydrogen-bond donors (Lipinski definition) is 0. The van der Waals surface area contributed by atoms with Crippen molar-refractivity contribution in [2.75, 3.05) is 13.7 Å². The molecule has 0 aliphatic rings. The van der Waals surface area contributed by atoms with Gasteiger partial charge in [0.2, 0.25) is 0 Å². The lowest BCUT2D eigenvalue weighted by Crippen LogP contribution is -2.10. The van der Waals surface area contributed by atoms with Gasteiger partial charge in [-0.15, -0.1) is 6.58 Å². The van der Waals surface area contributed by atoms with Crippen molar-refractivity contribution in [2.24, 2.45) is 10.9 Å². The zero-order valence-electron chi connectivity index (χ0n) is 8.90. The fourth-order valence-electron chi connectivity index (χ4n) is 0.825. The van der Waals surface area contributed by atoms with Crippen molar-refractivity contribution in [1.29, 1.82) is 0 Å². The van der Waals surface area contributed by atoms with Crippen molar-refractivity contribution >= 4 is 6.21 Å². The van der Waals surface area contributed by atoms with E-state index in [9.17, 15) is 0 Å². The van der Waals surface area contributed by atoms with Crippen LogP contribution in [0.5, 0.6) is 0 Å². The lowest BCUT2D eigenvalue weighted by atomic mass is 10.1. The van der Waals surface area contributed by atoms with Gasteiger partial charge in [-0.2, -0.15) is 0 Å². The molecule has 2 heteroatoms. The van der Waals surface area contributed by atoms with Crippen LogP contribution in [-0.2, 0) is 0 Å². The molecule has 0 aromatic carbocycles. The Kier molecular flexibility index (Phi) is 6.98. The maximum absolute atomic E-state index is 4.28. The van der Waals surface area contributed by atoms with Gasteiger partial charge in [-0.1, -0.05) is 19.1 Å². The van der Waals surface area contributed by atoms with E-state index in [1.165, 1.54) is 0 Å². The molecule has 0 saturated heterocycles. The Morgan fingerprint density at radius 1 is 1.54 bits per heavy atom. The molecule has 0 aromatic heterocycles. The highest BCUT2D eigenvalue weighted by Crippen LogP contribution is 1.98. The van der Waals surface area contributed by atoms with Crippen LogP contribution in [0, 0.1) is 5.92 Å². The third-order valence-electron chi connectivity index (χ3n) is 1.72. The summed E-state index contributed by atoms with van der Waals surface area (Å²) in [5.74, 6) is 0.524. The molecule has 0 amide bonds. The molecule has 2 nitrogen and oxygen atoms in total. The first-order valence-corrected chi connectivity index (χ1v) is 4.64. The summed E-state index contributed by atoms with van der Waals surface area (Å²) in [6.45, 7) is 8.58. The molecule has 13 heavy (non-hydrogen) atoms. The first kappa shape index (κ1) is 11.9. The number of rotatable bonds is 6. The van der Waals surface area contributed by atoms with Gasteiger partial charge in [0, 0.05) is 13.3 Å². The van der Waals surface area contributed by atoms with E-state index >= 15 is 0 Å². The van der Waals surface area contributed by atoms with Gasteiger partial charge >= 0.3 is 0 Å². The second kappa shape index (κ2) is 7.59. The van der Waals surface area contributed by atoms with Crippen molar-refractivity contribution < 1.29 is 0 Å². The molecule has 0 aromatic rings. The van der Waals surface area contributed by atoms with Gasteiger partial charge in [-0.05, 0) is 25.5 Å².